The second-order valence-corrected chi connectivity index (χ2v) is 6.96. The van der Waals surface area contributed by atoms with Gasteiger partial charge in [0.2, 0.25) is 11.8 Å². The summed E-state index contributed by atoms with van der Waals surface area (Å²) >= 11 is 0. The van der Waals surface area contributed by atoms with Crippen LogP contribution in [0.25, 0.3) is 0 Å². The number of nitrogens with zero attached hydrogens (tertiary/aromatic N) is 1. The highest BCUT2D eigenvalue weighted by molar-refractivity contribution is 5.95. The number of rotatable bonds is 7. The Kier molecular flexibility index (Phi) is 6.75. The van der Waals surface area contributed by atoms with Crippen molar-refractivity contribution in [3.63, 3.8) is 0 Å². The molecule has 0 fully saturated rings. The third kappa shape index (κ3) is 4.88. The maximum Gasteiger partial charge on any atom is 0.226 e. The number of anilines is 2. The molecular formula is C23H28N2O4. The van der Waals surface area contributed by atoms with Crippen LogP contribution in [0.1, 0.15) is 38.3 Å². The van der Waals surface area contributed by atoms with Crippen LogP contribution >= 0.6 is 0 Å². The van der Waals surface area contributed by atoms with Crippen molar-refractivity contribution in [2.45, 2.75) is 40.0 Å². The Morgan fingerprint density at radius 3 is 2.28 bits per heavy atom. The average Bonchev–Trinajstić information content (AvgIpc) is 2.73. The first-order valence-electron chi connectivity index (χ1n) is 10.1. The van der Waals surface area contributed by atoms with Crippen molar-refractivity contribution < 1.29 is 19.1 Å². The summed E-state index contributed by atoms with van der Waals surface area (Å²) in [6.07, 6.45) is 1.90. The molecule has 2 aromatic rings. The van der Waals surface area contributed by atoms with E-state index in [4.69, 9.17) is 9.47 Å². The summed E-state index contributed by atoms with van der Waals surface area (Å²) in [6, 6.07) is 11.5. The molecule has 0 radical (unpaired) electrons. The van der Waals surface area contributed by atoms with Gasteiger partial charge in [-0.1, -0.05) is 32.0 Å². The number of benzene rings is 2. The number of amides is 2. The molecule has 0 aliphatic carbocycles. The highest BCUT2D eigenvalue weighted by Crippen LogP contribution is 2.34. The number of para-hydroxylation sites is 1. The second-order valence-electron chi connectivity index (χ2n) is 6.96. The third-order valence-corrected chi connectivity index (χ3v) is 5.04. The normalized spacial score (nSPS) is 12.4. The molecule has 3 rings (SSSR count). The van der Waals surface area contributed by atoms with Gasteiger partial charge in [-0.25, -0.2) is 0 Å². The maximum atomic E-state index is 12.6. The zero-order chi connectivity index (χ0) is 20.8. The molecule has 6 nitrogen and oxygen atoms in total. The summed E-state index contributed by atoms with van der Waals surface area (Å²) in [4.78, 5) is 26.4. The van der Waals surface area contributed by atoms with Gasteiger partial charge in [0, 0.05) is 37.3 Å². The zero-order valence-corrected chi connectivity index (χ0v) is 17.3. The largest absolute Gasteiger partial charge is 0.486 e. The number of carbonyl (C=O) groups is 2. The number of aryl methyl sites for hydroxylation is 2. The maximum absolute atomic E-state index is 12.6. The fourth-order valence-electron chi connectivity index (χ4n) is 3.49. The van der Waals surface area contributed by atoms with Gasteiger partial charge in [-0.15, -0.1) is 0 Å². The van der Waals surface area contributed by atoms with E-state index in [0.29, 0.717) is 30.4 Å². The van der Waals surface area contributed by atoms with Gasteiger partial charge in [-0.05, 0) is 36.1 Å². The molecule has 1 heterocycles. The molecule has 6 heteroatoms. The van der Waals surface area contributed by atoms with Crippen LogP contribution in [0.2, 0.25) is 0 Å². The highest BCUT2D eigenvalue weighted by Gasteiger charge is 2.18. The molecule has 0 spiro atoms. The summed E-state index contributed by atoms with van der Waals surface area (Å²) in [7, 11) is 0. The van der Waals surface area contributed by atoms with Crippen LogP contribution < -0.4 is 19.7 Å². The predicted molar refractivity (Wildman–Crippen MR) is 114 cm³/mol. The minimum Gasteiger partial charge on any atom is -0.486 e. The van der Waals surface area contributed by atoms with E-state index in [1.54, 1.807) is 17.0 Å². The summed E-state index contributed by atoms with van der Waals surface area (Å²) in [5.74, 6) is 1.06. The molecule has 29 heavy (non-hydrogen) atoms. The molecule has 0 unspecified atom stereocenters. The Bertz CT molecular complexity index is 872. The van der Waals surface area contributed by atoms with E-state index < -0.39 is 0 Å². The van der Waals surface area contributed by atoms with Crippen LogP contribution in [-0.2, 0) is 22.4 Å². The topological polar surface area (TPSA) is 67.9 Å². The second kappa shape index (κ2) is 9.45. The van der Waals surface area contributed by atoms with Crippen LogP contribution in [0, 0.1) is 0 Å². The van der Waals surface area contributed by atoms with Gasteiger partial charge in [0.05, 0.1) is 0 Å². The first-order valence-corrected chi connectivity index (χ1v) is 10.1. The van der Waals surface area contributed by atoms with E-state index in [-0.39, 0.29) is 24.8 Å². The number of nitrogens with one attached hydrogen (secondary N) is 1. The fraction of sp³-hybridized carbons (Fsp3) is 0.391. The standard InChI is InChI=1S/C23H28N2O4/c1-4-17-7-6-8-18(5-2)23(17)24-22(27)11-12-25(16(3)26)19-9-10-20-21(15-19)29-14-13-28-20/h6-10,15H,4-5,11-14H2,1-3H3,(H,24,27). The molecule has 1 N–H and O–H groups in total. The van der Waals surface area contributed by atoms with Gasteiger partial charge < -0.3 is 19.7 Å². The van der Waals surface area contributed by atoms with E-state index in [1.165, 1.54) is 6.92 Å². The first-order chi connectivity index (χ1) is 14.0. The lowest BCUT2D eigenvalue weighted by atomic mass is 10.0. The number of hydrogen-bond acceptors (Lipinski definition) is 4. The lowest BCUT2D eigenvalue weighted by molar-refractivity contribution is -0.117. The molecule has 1 aliphatic heterocycles. The predicted octanol–water partition coefficient (Wildman–Crippen LogP) is 3.96. The van der Waals surface area contributed by atoms with E-state index >= 15 is 0 Å². The average molecular weight is 396 g/mol. The van der Waals surface area contributed by atoms with Crippen molar-refractivity contribution in [3.8, 4) is 11.5 Å². The Morgan fingerprint density at radius 1 is 1.00 bits per heavy atom. The highest BCUT2D eigenvalue weighted by atomic mass is 16.6. The van der Waals surface area contributed by atoms with Gasteiger partial charge in [0.25, 0.3) is 0 Å². The van der Waals surface area contributed by atoms with Crippen molar-refractivity contribution in [1.82, 2.24) is 0 Å². The molecule has 0 aromatic heterocycles. The van der Waals surface area contributed by atoms with Crippen molar-refractivity contribution in [2.75, 3.05) is 30.0 Å². The summed E-state index contributed by atoms with van der Waals surface area (Å²) in [5, 5.41) is 3.06. The first kappa shape index (κ1) is 20.7. The molecule has 0 atom stereocenters. The van der Waals surface area contributed by atoms with E-state index in [9.17, 15) is 9.59 Å². The Labute approximate surface area is 171 Å². The fourth-order valence-corrected chi connectivity index (χ4v) is 3.49. The summed E-state index contributed by atoms with van der Waals surface area (Å²) < 4.78 is 11.1. The molecule has 154 valence electrons. The summed E-state index contributed by atoms with van der Waals surface area (Å²) in [5.41, 5.74) is 3.83. The van der Waals surface area contributed by atoms with Crippen molar-refractivity contribution >= 4 is 23.2 Å². The third-order valence-electron chi connectivity index (χ3n) is 5.04. The van der Waals surface area contributed by atoms with Crippen molar-refractivity contribution in [3.05, 3.63) is 47.5 Å². The van der Waals surface area contributed by atoms with Gasteiger partial charge in [0.1, 0.15) is 13.2 Å². The molecule has 0 saturated carbocycles. The Morgan fingerprint density at radius 2 is 1.66 bits per heavy atom. The molecule has 2 amide bonds. The molecule has 1 aliphatic rings. The SMILES string of the molecule is CCc1cccc(CC)c1NC(=O)CCN(C(C)=O)c1ccc2c(c1)OCCO2. The van der Waals surface area contributed by atoms with E-state index in [0.717, 1.165) is 29.7 Å². The van der Waals surface area contributed by atoms with Crippen LogP contribution in [0.15, 0.2) is 36.4 Å². The number of fused-ring (bicyclic) bond motifs is 1. The molecule has 0 bridgehead atoms. The Hall–Kier alpha value is -3.02. The van der Waals surface area contributed by atoms with Crippen LogP contribution in [0.5, 0.6) is 11.5 Å². The number of carbonyl (C=O) groups excluding carboxylic acids is 2. The zero-order valence-electron chi connectivity index (χ0n) is 17.3. The summed E-state index contributed by atoms with van der Waals surface area (Å²) in [6.45, 7) is 6.93. The van der Waals surface area contributed by atoms with E-state index in [2.05, 4.69) is 19.2 Å². The quantitative estimate of drug-likeness (QED) is 0.769. The van der Waals surface area contributed by atoms with Crippen molar-refractivity contribution in [1.29, 1.82) is 0 Å². The van der Waals surface area contributed by atoms with Crippen LogP contribution in [-0.4, -0.2) is 31.6 Å². The van der Waals surface area contributed by atoms with Gasteiger partial charge in [0.15, 0.2) is 11.5 Å². The lowest BCUT2D eigenvalue weighted by Gasteiger charge is -2.24. The van der Waals surface area contributed by atoms with Gasteiger partial charge in [-0.3, -0.25) is 9.59 Å². The van der Waals surface area contributed by atoms with Gasteiger partial charge >= 0.3 is 0 Å². The monoisotopic (exact) mass is 396 g/mol. The minimum absolute atomic E-state index is 0.107. The van der Waals surface area contributed by atoms with E-state index in [1.807, 2.05) is 24.3 Å². The van der Waals surface area contributed by atoms with Crippen molar-refractivity contribution in [2.24, 2.45) is 0 Å². The van der Waals surface area contributed by atoms with Crippen LogP contribution in [0.3, 0.4) is 0 Å². The minimum atomic E-state index is -0.127. The number of ether oxygens (including phenoxy) is 2. The molecule has 2 aromatic carbocycles. The Balaban J connectivity index is 1.70. The number of hydrogen-bond donors (Lipinski definition) is 1. The van der Waals surface area contributed by atoms with Gasteiger partial charge in [-0.2, -0.15) is 0 Å². The van der Waals surface area contributed by atoms with Crippen LogP contribution in [0.4, 0.5) is 11.4 Å². The smallest absolute Gasteiger partial charge is 0.226 e. The molecule has 0 saturated heterocycles. The lowest BCUT2D eigenvalue weighted by Crippen LogP contribution is -2.32. The molecular weight excluding hydrogens is 368 g/mol.